The van der Waals surface area contributed by atoms with Crippen LogP contribution in [0.1, 0.15) is 32.3 Å². The number of carbonyl (C=O) groups is 1. The highest BCUT2D eigenvalue weighted by molar-refractivity contribution is 7.92. The number of nitrogens with one attached hydrogen (secondary N) is 3. The molecular weight excluding hydrogens is 375 g/mol. The maximum Gasteiger partial charge on any atom is 0.326 e. The average Bonchev–Trinajstić information content (AvgIpc) is 3.11. The molecule has 4 N–H and O–H groups in total. The Morgan fingerprint density at radius 3 is 2.70 bits per heavy atom. The predicted molar refractivity (Wildman–Crippen MR) is 101 cm³/mol. The highest BCUT2D eigenvalue weighted by Crippen LogP contribution is 2.41. The number of nitrogens with zero attached hydrogens (tertiary/aromatic N) is 1. The first-order chi connectivity index (χ1) is 12.8. The molecule has 10 heteroatoms. The highest BCUT2D eigenvalue weighted by Gasteiger charge is 2.39. The van der Waals surface area contributed by atoms with E-state index in [0.717, 1.165) is 19.4 Å². The summed E-state index contributed by atoms with van der Waals surface area (Å²) in [7, 11) is -4.19. The second kappa shape index (κ2) is 7.51. The molecule has 2 aliphatic heterocycles. The van der Waals surface area contributed by atoms with Crippen molar-refractivity contribution in [2.24, 2.45) is 5.92 Å². The summed E-state index contributed by atoms with van der Waals surface area (Å²) in [4.78, 5) is 11.4. The fourth-order valence-corrected chi connectivity index (χ4v) is 4.72. The van der Waals surface area contributed by atoms with Gasteiger partial charge in [0, 0.05) is 29.9 Å². The smallest absolute Gasteiger partial charge is 0.326 e. The summed E-state index contributed by atoms with van der Waals surface area (Å²) in [6.45, 7) is 5.24. The Bertz CT molecular complexity index is 842. The van der Waals surface area contributed by atoms with Crippen LogP contribution < -0.4 is 19.7 Å². The van der Waals surface area contributed by atoms with E-state index in [1.54, 1.807) is 4.72 Å². The predicted octanol–water partition coefficient (Wildman–Crippen LogP) is 1.07. The Hall–Kier alpha value is -2.07. The molecule has 0 bridgehead atoms. The molecule has 0 spiro atoms. The van der Waals surface area contributed by atoms with Crippen LogP contribution in [0.4, 0.5) is 15.8 Å². The van der Waals surface area contributed by atoms with E-state index in [9.17, 15) is 18.3 Å². The molecule has 1 saturated heterocycles. The fraction of sp³-hybridized carbons (Fsp3) is 0.588. The summed E-state index contributed by atoms with van der Waals surface area (Å²) in [5.74, 6) is -1.52. The first-order valence-corrected chi connectivity index (χ1v) is 10.6. The zero-order valence-corrected chi connectivity index (χ0v) is 16.2. The monoisotopic (exact) mass is 400 g/mol. The van der Waals surface area contributed by atoms with Crippen LogP contribution >= 0.6 is 0 Å². The van der Waals surface area contributed by atoms with Crippen LogP contribution in [0, 0.1) is 11.7 Å². The molecule has 150 valence electrons. The minimum absolute atomic E-state index is 0.0616. The third-order valence-electron chi connectivity index (χ3n) is 5.18. The van der Waals surface area contributed by atoms with Gasteiger partial charge in [-0.15, -0.1) is 0 Å². The third kappa shape index (κ3) is 3.81. The third-order valence-corrected chi connectivity index (χ3v) is 6.56. The van der Waals surface area contributed by atoms with Gasteiger partial charge in [-0.1, -0.05) is 26.7 Å². The molecule has 3 rings (SSSR count). The van der Waals surface area contributed by atoms with Gasteiger partial charge in [-0.25, -0.2) is 13.4 Å². The molecule has 1 amide bonds. The highest BCUT2D eigenvalue weighted by atomic mass is 32.2. The zero-order valence-electron chi connectivity index (χ0n) is 15.4. The van der Waals surface area contributed by atoms with E-state index < -0.39 is 39.9 Å². The second-order valence-corrected chi connectivity index (χ2v) is 8.60. The number of fused-ring (bicyclic) bond motifs is 1. The molecular formula is C17H25FN4O4S. The van der Waals surface area contributed by atoms with E-state index >= 15 is 4.39 Å². The molecule has 0 aromatic heterocycles. The first-order valence-electron chi connectivity index (χ1n) is 9.11. The maximum absolute atomic E-state index is 15.0. The summed E-state index contributed by atoms with van der Waals surface area (Å²) >= 11 is 0. The maximum atomic E-state index is 15.0. The van der Waals surface area contributed by atoms with Gasteiger partial charge in [-0.2, -0.15) is 8.42 Å². The number of benzene rings is 1. The van der Waals surface area contributed by atoms with Crippen molar-refractivity contribution < 1.29 is 22.7 Å². The molecule has 0 saturated carbocycles. The first kappa shape index (κ1) is 19.7. The number of anilines is 2. The number of amides is 1. The number of hydrogen-bond acceptors (Lipinski definition) is 6. The van der Waals surface area contributed by atoms with Gasteiger partial charge in [-0.05, 0) is 18.9 Å². The molecule has 0 radical (unpaired) electrons. The van der Waals surface area contributed by atoms with Gasteiger partial charge >= 0.3 is 10.2 Å². The lowest BCUT2D eigenvalue weighted by Crippen LogP contribution is -2.34. The zero-order chi connectivity index (χ0) is 19.8. The number of rotatable bonds is 7. The normalized spacial score (nSPS) is 20.7. The van der Waals surface area contributed by atoms with Crippen molar-refractivity contribution in [2.75, 3.05) is 29.3 Å². The largest absolute Gasteiger partial charge is 0.506 e. The summed E-state index contributed by atoms with van der Waals surface area (Å²) < 4.78 is 41.4. The standard InChI is InChI=1S/C17H25FN4O4S/c1-3-10(4-2)7-19-8-11-5-12-13(20-11)6-14(23)17(16(12)18)22-9-15(24)21-27(22,25)26/h6,10-11,19-20,23H,3-5,7-9H2,1-2H3,(H,21,24)/t11-/m1/s1. The van der Waals surface area contributed by atoms with E-state index in [1.807, 2.05) is 0 Å². The Morgan fingerprint density at radius 1 is 1.41 bits per heavy atom. The van der Waals surface area contributed by atoms with Crippen LogP contribution in [0.3, 0.4) is 0 Å². The number of aromatic hydroxyl groups is 1. The molecule has 1 fully saturated rings. The van der Waals surface area contributed by atoms with Crippen LogP contribution in [-0.4, -0.2) is 45.1 Å². The van der Waals surface area contributed by atoms with Gasteiger partial charge < -0.3 is 15.7 Å². The molecule has 2 aliphatic rings. The Morgan fingerprint density at radius 2 is 2.11 bits per heavy atom. The van der Waals surface area contributed by atoms with Crippen molar-refractivity contribution in [1.29, 1.82) is 0 Å². The van der Waals surface area contributed by atoms with Crippen LogP contribution in [0.15, 0.2) is 6.07 Å². The van der Waals surface area contributed by atoms with Crippen LogP contribution in [0.5, 0.6) is 5.75 Å². The quantitative estimate of drug-likeness (QED) is 0.545. The molecule has 0 aliphatic carbocycles. The summed E-state index contributed by atoms with van der Waals surface area (Å²) in [6, 6.07) is 1.25. The molecule has 1 atom stereocenters. The lowest BCUT2D eigenvalue weighted by Gasteiger charge is -2.18. The van der Waals surface area contributed by atoms with E-state index in [-0.39, 0.29) is 6.04 Å². The van der Waals surface area contributed by atoms with Gasteiger partial charge in [-0.3, -0.25) is 4.79 Å². The van der Waals surface area contributed by atoms with Crippen molar-refractivity contribution in [3.63, 3.8) is 0 Å². The van der Waals surface area contributed by atoms with Crippen molar-refractivity contribution in [1.82, 2.24) is 10.0 Å². The summed E-state index contributed by atoms with van der Waals surface area (Å²) in [5, 5.41) is 16.7. The molecule has 8 nitrogen and oxygen atoms in total. The van der Waals surface area contributed by atoms with Gasteiger partial charge in [0.1, 0.15) is 18.0 Å². The van der Waals surface area contributed by atoms with Gasteiger partial charge in [0.15, 0.2) is 5.82 Å². The Kier molecular flexibility index (Phi) is 5.48. The number of carbonyl (C=O) groups excluding carboxylic acids is 1. The second-order valence-electron chi connectivity index (χ2n) is 7.01. The minimum Gasteiger partial charge on any atom is -0.506 e. The topological polar surface area (TPSA) is 111 Å². The van der Waals surface area contributed by atoms with Gasteiger partial charge in [0.2, 0.25) is 0 Å². The molecule has 0 unspecified atom stereocenters. The van der Waals surface area contributed by atoms with E-state index in [2.05, 4.69) is 24.5 Å². The van der Waals surface area contributed by atoms with Crippen molar-refractivity contribution in [3.05, 3.63) is 17.4 Å². The van der Waals surface area contributed by atoms with E-state index in [0.29, 0.717) is 34.4 Å². The number of hydrogen-bond donors (Lipinski definition) is 4. The van der Waals surface area contributed by atoms with Crippen molar-refractivity contribution in [3.8, 4) is 5.75 Å². The van der Waals surface area contributed by atoms with Crippen molar-refractivity contribution >= 4 is 27.5 Å². The SMILES string of the molecule is CCC(CC)CNC[C@H]1Cc2c(cc(O)c(N3CC(=O)NS3(=O)=O)c2F)N1. The van der Waals surface area contributed by atoms with Crippen LogP contribution in [0.2, 0.25) is 0 Å². The number of phenols is 1. The summed E-state index contributed by atoms with van der Waals surface area (Å²) in [6.07, 6.45) is 2.54. The molecule has 1 aromatic rings. The van der Waals surface area contributed by atoms with Crippen LogP contribution in [-0.2, 0) is 21.4 Å². The molecule has 27 heavy (non-hydrogen) atoms. The fourth-order valence-electron chi connectivity index (χ4n) is 3.56. The van der Waals surface area contributed by atoms with Gasteiger partial charge in [0.05, 0.1) is 0 Å². The average molecular weight is 400 g/mol. The number of phenolic OH excluding ortho intramolecular Hbond substituents is 1. The lowest BCUT2D eigenvalue weighted by molar-refractivity contribution is -0.117. The van der Waals surface area contributed by atoms with Crippen molar-refractivity contribution in [2.45, 2.75) is 39.2 Å². The Balaban J connectivity index is 1.76. The van der Waals surface area contributed by atoms with E-state index in [4.69, 9.17) is 0 Å². The Labute approximate surface area is 158 Å². The van der Waals surface area contributed by atoms with Crippen LogP contribution in [0.25, 0.3) is 0 Å². The minimum atomic E-state index is -4.19. The molecule has 1 aromatic carbocycles. The molecule has 2 heterocycles. The lowest BCUT2D eigenvalue weighted by atomic mass is 10.0. The number of halogens is 1. The van der Waals surface area contributed by atoms with Gasteiger partial charge in [0.25, 0.3) is 5.91 Å². The van der Waals surface area contributed by atoms with E-state index in [1.165, 1.54) is 6.07 Å². The summed E-state index contributed by atoms with van der Waals surface area (Å²) in [5.41, 5.74) is 0.269.